The third-order valence-corrected chi connectivity index (χ3v) is 1.67. The van der Waals surface area contributed by atoms with E-state index in [2.05, 4.69) is 0 Å². The molecule has 0 bridgehead atoms. The molecule has 0 radical (unpaired) electrons. The molecule has 68 valence electrons. The van der Waals surface area contributed by atoms with Crippen molar-refractivity contribution in [2.75, 3.05) is 11.8 Å². The number of hydrogen-bond acceptors (Lipinski definition) is 7. The second-order valence-corrected chi connectivity index (χ2v) is 4.46. The minimum atomic E-state index is -4.51. The molecular weight excluding hydrogens is 244 g/mol. The minimum absolute atomic E-state index is 0. The van der Waals surface area contributed by atoms with Crippen molar-refractivity contribution in [1.29, 1.82) is 0 Å². The fourth-order valence-electron chi connectivity index (χ4n) is 0.292. The van der Waals surface area contributed by atoms with Crippen LogP contribution in [0, 0.1) is 0 Å². The molecule has 0 saturated carbocycles. The van der Waals surface area contributed by atoms with Crippen molar-refractivity contribution in [3.8, 4) is 0 Å². The third-order valence-electron chi connectivity index (χ3n) is 0.558. The van der Waals surface area contributed by atoms with Gasteiger partial charge in [0.05, 0.1) is 11.8 Å². The summed E-state index contributed by atoms with van der Waals surface area (Å²) in [5.74, 6) is -2.12. The van der Waals surface area contributed by atoms with Gasteiger partial charge in [0.2, 0.25) is 0 Å². The minimum Gasteiger partial charge on any atom is -0.747 e. The van der Waals surface area contributed by atoms with Gasteiger partial charge in [-0.15, -0.1) is 0 Å². The molecular formula is C2H5NNa2O6S2. The van der Waals surface area contributed by atoms with Gasteiger partial charge >= 0.3 is 59.1 Å². The Labute approximate surface area is 121 Å². The molecule has 0 heterocycles. The van der Waals surface area contributed by atoms with Gasteiger partial charge in [0.15, 0.2) is 0 Å². The molecule has 7 nitrogen and oxygen atoms in total. The summed E-state index contributed by atoms with van der Waals surface area (Å²) in [6, 6.07) is 0. The zero-order valence-electron chi connectivity index (χ0n) is 7.18. The Morgan fingerprint density at radius 3 is 1.23 bits per heavy atom. The van der Waals surface area contributed by atoms with Crippen LogP contribution in [0.4, 0.5) is 0 Å². The standard InChI is InChI=1S/C2H7NO6S2.2Na/c4-10(5,6)1-3-2-11(7,8)9;;/h3H,1-2H2,(H,4,5,6)(H,7,8,9);;/q;2*+1/p-2. The van der Waals surface area contributed by atoms with E-state index in [0.29, 0.717) is 0 Å². The van der Waals surface area contributed by atoms with E-state index >= 15 is 0 Å². The van der Waals surface area contributed by atoms with Crippen molar-refractivity contribution < 1.29 is 85.1 Å². The van der Waals surface area contributed by atoms with E-state index in [1.54, 1.807) is 5.32 Å². The van der Waals surface area contributed by atoms with Gasteiger partial charge < -0.3 is 9.11 Å². The maximum atomic E-state index is 9.80. The first-order valence-corrected chi connectivity index (χ1v) is 5.44. The molecule has 0 rings (SSSR count). The summed E-state index contributed by atoms with van der Waals surface area (Å²) in [6.45, 7) is 0. The zero-order valence-corrected chi connectivity index (χ0v) is 12.8. The van der Waals surface area contributed by atoms with Gasteiger partial charge in [-0.3, -0.25) is 5.32 Å². The second kappa shape index (κ2) is 7.99. The number of nitrogens with one attached hydrogen (secondary N) is 1. The van der Waals surface area contributed by atoms with Crippen LogP contribution in [0.1, 0.15) is 0 Å². The zero-order chi connectivity index (χ0) is 9.12. The molecule has 0 aromatic carbocycles. The molecule has 0 aromatic heterocycles. The Kier molecular flexibility index (Phi) is 12.4. The van der Waals surface area contributed by atoms with Gasteiger partial charge in [0.1, 0.15) is 20.2 Å². The molecule has 0 atom stereocenters. The van der Waals surface area contributed by atoms with Crippen LogP contribution in [0.5, 0.6) is 0 Å². The van der Waals surface area contributed by atoms with Crippen molar-refractivity contribution in [3.05, 3.63) is 0 Å². The first-order valence-electron chi connectivity index (χ1n) is 2.28. The first-order chi connectivity index (χ1) is 4.71. The molecule has 0 fully saturated rings. The Balaban J connectivity index is -0.000000500. The van der Waals surface area contributed by atoms with Gasteiger partial charge in [-0.25, -0.2) is 16.8 Å². The topological polar surface area (TPSA) is 126 Å². The fraction of sp³-hybridized carbons (Fsp3) is 1.00. The summed E-state index contributed by atoms with van der Waals surface area (Å²) < 4.78 is 58.8. The van der Waals surface area contributed by atoms with Crippen LogP contribution in [0.15, 0.2) is 0 Å². The van der Waals surface area contributed by atoms with Crippen molar-refractivity contribution in [2.45, 2.75) is 0 Å². The van der Waals surface area contributed by atoms with Crippen molar-refractivity contribution >= 4 is 20.2 Å². The Hall–Kier alpha value is 1.78. The van der Waals surface area contributed by atoms with Gasteiger partial charge in [0, 0.05) is 0 Å². The van der Waals surface area contributed by atoms with Crippen LogP contribution in [-0.2, 0) is 20.2 Å². The Bertz CT molecular complexity index is 276. The molecule has 0 amide bonds. The van der Waals surface area contributed by atoms with E-state index in [9.17, 15) is 25.9 Å². The predicted molar refractivity (Wildman–Crippen MR) is 32.3 cm³/mol. The third kappa shape index (κ3) is 20.0. The van der Waals surface area contributed by atoms with Crippen molar-refractivity contribution in [2.24, 2.45) is 0 Å². The molecule has 0 aliphatic carbocycles. The van der Waals surface area contributed by atoms with E-state index in [-0.39, 0.29) is 59.1 Å². The van der Waals surface area contributed by atoms with Crippen LogP contribution in [0.25, 0.3) is 0 Å². The maximum absolute atomic E-state index is 9.80. The maximum Gasteiger partial charge on any atom is 1.00 e. The second-order valence-electron chi connectivity index (χ2n) is 1.65. The summed E-state index contributed by atoms with van der Waals surface area (Å²) >= 11 is 0. The van der Waals surface area contributed by atoms with Gasteiger partial charge in [-0.2, -0.15) is 0 Å². The summed E-state index contributed by atoms with van der Waals surface area (Å²) in [7, 11) is -9.02. The largest absolute Gasteiger partial charge is 1.00 e. The number of hydrogen-bond donors (Lipinski definition) is 1. The van der Waals surface area contributed by atoms with E-state index in [1.807, 2.05) is 0 Å². The predicted octanol–water partition coefficient (Wildman–Crippen LogP) is -8.41. The number of rotatable bonds is 4. The average molecular weight is 249 g/mol. The average Bonchev–Trinajstić information content (AvgIpc) is 1.55. The van der Waals surface area contributed by atoms with E-state index < -0.39 is 32.0 Å². The summed E-state index contributed by atoms with van der Waals surface area (Å²) in [6.07, 6.45) is 0. The van der Waals surface area contributed by atoms with Gasteiger partial charge in [-0.1, -0.05) is 0 Å². The van der Waals surface area contributed by atoms with E-state index in [1.165, 1.54) is 0 Å². The molecule has 0 aliphatic heterocycles. The van der Waals surface area contributed by atoms with Crippen LogP contribution in [-0.4, -0.2) is 37.7 Å². The van der Waals surface area contributed by atoms with Crippen molar-refractivity contribution in [3.63, 3.8) is 0 Å². The normalized spacial score (nSPS) is 11.2. The van der Waals surface area contributed by atoms with Crippen molar-refractivity contribution in [1.82, 2.24) is 5.32 Å². The molecule has 13 heavy (non-hydrogen) atoms. The molecule has 0 saturated heterocycles. The SMILES string of the molecule is O=S(=O)([O-])CNCS(=O)(=O)[O-].[Na+].[Na+]. The molecule has 11 heteroatoms. The Morgan fingerprint density at radius 2 is 1.08 bits per heavy atom. The fourth-order valence-corrected chi connectivity index (χ4v) is 1.12. The molecule has 0 spiro atoms. The Morgan fingerprint density at radius 1 is 0.846 bits per heavy atom. The molecule has 0 aliphatic rings. The first kappa shape index (κ1) is 20.2. The smallest absolute Gasteiger partial charge is 0.747 e. The summed E-state index contributed by atoms with van der Waals surface area (Å²) in [5.41, 5.74) is 0. The summed E-state index contributed by atoms with van der Waals surface area (Å²) in [4.78, 5) is 0. The van der Waals surface area contributed by atoms with Gasteiger partial charge in [-0.05, 0) is 0 Å². The quantitative estimate of drug-likeness (QED) is 0.387. The summed E-state index contributed by atoms with van der Waals surface area (Å²) in [5, 5.41) is 1.66. The molecule has 0 unspecified atom stereocenters. The van der Waals surface area contributed by atoms with Crippen LogP contribution in [0.3, 0.4) is 0 Å². The monoisotopic (exact) mass is 249 g/mol. The van der Waals surface area contributed by atoms with Crippen LogP contribution in [0.2, 0.25) is 0 Å². The molecule has 0 aromatic rings. The van der Waals surface area contributed by atoms with E-state index in [4.69, 9.17) is 0 Å². The van der Waals surface area contributed by atoms with E-state index in [0.717, 1.165) is 0 Å². The van der Waals surface area contributed by atoms with Crippen LogP contribution >= 0.6 is 0 Å². The molecule has 1 N–H and O–H groups in total. The van der Waals surface area contributed by atoms with Crippen LogP contribution < -0.4 is 64.4 Å². The van der Waals surface area contributed by atoms with Gasteiger partial charge in [0.25, 0.3) is 0 Å².